The summed E-state index contributed by atoms with van der Waals surface area (Å²) in [5.74, 6) is -2.03. The number of aliphatic hydroxyl groups is 2. The van der Waals surface area contributed by atoms with E-state index in [4.69, 9.17) is 4.74 Å². The summed E-state index contributed by atoms with van der Waals surface area (Å²) in [5.41, 5.74) is 0.738. The van der Waals surface area contributed by atoms with E-state index in [1.54, 1.807) is 0 Å². The second-order valence-electron chi connectivity index (χ2n) is 9.01. The average Bonchev–Trinajstić information content (AvgIpc) is 3.22. The normalized spacial score (nSPS) is 57.0. The van der Waals surface area contributed by atoms with Crippen LogP contribution in [0.1, 0.15) is 39.5 Å². The van der Waals surface area contributed by atoms with Crippen LogP contribution in [0.4, 0.5) is 0 Å². The van der Waals surface area contributed by atoms with Crippen LogP contribution in [0.15, 0.2) is 36.0 Å². The van der Waals surface area contributed by atoms with Crippen LogP contribution in [0.3, 0.4) is 0 Å². The third-order valence-corrected chi connectivity index (χ3v) is 7.65. The summed E-state index contributed by atoms with van der Waals surface area (Å²) in [6, 6.07) is 0. The Labute approximate surface area is 141 Å². The first-order valence-electron chi connectivity index (χ1n) is 8.92. The Morgan fingerprint density at radius 2 is 2.17 bits per heavy atom. The number of hydrogen-bond donors (Lipinski definition) is 2. The topological polar surface area (TPSA) is 66.8 Å². The molecule has 7 atom stereocenters. The number of aliphatic hydroxyl groups excluding tert-OH is 1. The van der Waals surface area contributed by atoms with Crippen LogP contribution in [-0.4, -0.2) is 28.1 Å². The lowest BCUT2D eigenvalue weighted by atomic mass is 9.52. The molecule has 0 aromatic carbocycles. The molecule has 4 nitrogen and oxygen atoms in total. The van der Waals surface area contributed by atoms with Gasteiger partial charge < -0.3 is 14.9 Å². The molecule has 1 saturated heterocycles. The fourth-order valence-electron chi connectivity index (χ4n) is 6.30. The van der Waals surface area contributed by atoms with Gasteiger partial charge in [0.1, 0.15) is 6.10 Å². The lowest BCUT2D eigenvalue weighted by Gasteiger charge is -2.52. The van der Waals surface area contributed by atoms with Gasteiger partial charge in [-0.1, -0.05) is 25.2 Å². The minimum atomic E-state index is -1.80. The van der Waals surface area contributed by atoms with E-state index in [2.05, 4.69) is 19.6 Å². The van der Waals surface area contributed by atoms with E-state index in [0.29, 0.717) is 5.92 Å². The van der Waals surface area contributed by atoms with E-state index in [-0.39, 0.29) is 22.7 Å². The van der Waals surface area contributed by atoms with E-state index >= 15 is 0 Å². The third-order valence-electron chi connectivity index (χ3n) is 7.65. The van der Waals surface area contributed by atoms with Gasteiger partial charge in [-0.3, -0.25) is 4.79 Å². The summed E-state index contributed by atoms with van der Waals surface area (Å²) in [6.45, 7) is 7.89. The first-order chi connectivity index (χ1) is 11.2. The smallest absolute Gasteiger partial charge is 0.314 e. The number of esters is 1. The monoisotopic (exact) mass is 328 g/mol. The Balaban J connectivity index is 1.75. The Bertz CT molecular complexity index is 751. The lowest BCUT2D eigenvalue weighted by Crippen LogP contribution is -2.60. The highest BCUT2D eigenvalue weighted by Gasteiger charge is 2.82. The van der Waals surface area contributed by atoms with Gasteiger partial charge in [-0.15, -0.1) is 6.58 Å². The van der Waals surface area contributed by atoms with E-state index in [1.807, 2.05) is 19.1 Å². The van der Waals surface area contributed by atoms with Crippen LogP contribution in [0, 0.1) is 28.1 Å². The van der Waals surface area contributed by atoms with Crippen LogP contribution in [0.25, 0.3) is 0 Å². The lowest BCUT2D eigenvalue weighted by molar-refractivity contribution is -0.256. The number of ether oxygens (including phenoxy) is 1. The zero-order valence-electron chi connectivity index (χ0n) is 14.2. The molecule has 4 aliphatic carbocycles. The van der Waals surface area contributed by atoms with Crippen molar-refractivity contribution in [1.29, 1.82) is 0 Å². The third kappa shape index (κ3) is 1.35. The highest BCUT2D eigenvalue weighted by Crippen LogP contribution is 2.80. The van der Waals surface area contributed by atoms with Crippen molar-refractivity contribution in [2.24, 2.45) is 28.1 Å². The van der Waals surface area contributed by atoms with Crippen molar-refractivity contribution < 1.29 is 19.7 Å². The molecule has 2 N–H and O–H groups in total. The quantitative estimate of drug-likeness (QED) is 0.573. The van der Waals surface area contributed by atoms with Gasteiger partial charge in [0.15, 0.2) is 0 Å². The largest absolute Gasteiger partial charge is 0.429 e. The molecule has 3 saturated carbocycles. The molecule has 4 heteroatoms. The van der Waals surface area contributed by atoms with Crippen molar-refractivity contribution in [2.75, 3.05) is 0 Å². The van der Waals surface area contributed by atoms with Gasteiger partial charge in [-0.05, 0) is 49.7 Å². The van der Waals surface area contributed by atoms with Gasteiger partial charge >= 0.3 is 5.97 Å². The van der Waals surface area contributed by atoms with Crippen LogP contribution in [-0.2, 0) is 9.53 Å². The maximum Gasteiger partial charge on any atom is 0.314 e. The average molecular weight is 328 g/mol. The van der Waals surface area contributed by atoms with Crippen molar-refractivity contribution >= 4 is 5.97 Å². The van der Waals surface area contributed by atoms with Crippen molar-refractivity contribution in [1.82, 2.24) is 0 Å². The van der Waals surface area contributed by atoms with E-state index < -0.39 is 17.3 Å². The summed E-state index contributed by atoms with van der Waals surface area (Å²) < 4.78 is 5.50. The van der Waals surface area contributed by atoms with Crippen molar-refractivity contribution in [3.63, 3.8) is 0 Å². The van der Waals surface area contributed by atoms with Gasteiger partial charge in [0, 0.05) is 10.8 Å². The van der Waals surface area contributed by atoms with E-state index in [9.17, 15) is 15.0 Å². The molecule has 128 valence electrons. The second-order valence-corrected chi connectivity index (χ2v) is 9.01. The molecule has 5 aliphatic rings. The van der Waals surface area contributed by atoms with Gasteiger partial charge in [-0.2, -0.15) is 0 Å². The summed E-state index contributed by atoms with van der Waals surface area (Å²) in [7, 11) is 0. The number of carbonyl (C=O) groups is 1. The molecular formula is C20H24O4. The fraction of sp³-hybridized carbons (Fsp3) is 0.650. The predicted octanol–water partition coefficient (Wildman–Crippen LogP) is 2.48. The van der Waals surface area contributed by atoms with Crippen LogP contribution >= 0.6 is 0 Å². The molecule has 24 heavy (non-hydrogen) atoms. The minimum Gasteiger partial charge on any atom is -0.429 e. The molecule has 0 bridgehead atoms. The van der Waals surface area contributed by atoms with Crippen LogP contribution < -0.4 is 0 Å². The Hall–Kier alpha value is -1.39. The molecule has 1 spiro atoms. The van der Waals surface area contributed by atoms with Gasteiger partial charge in [0.05, 0.1) is 11.3 Å². The first-order valence-corrected chi connectivity index (χ1v) is 8.92. The van der Waals surface area contributed by atoms with E-state index in [1.165, 1.54) is 0 Å². The molecule has 1 heterocycles. The molecular weight excluding hydrogens is 304 g/mol. The molecule has 1 aliphatic heterocycles. The molecule has 0 amide bonds. The predicted molar refractivity (Wildman–Crippen MR) is 87.5 cm³/mol. The summed E-state index contributed by atoms with van der Waals surface area (Å²) in [6.07, 6.45) is 8.46. The number of rotatable bonds is 1. The maximum absolute atomic E-state index is 12.6. The van der Waals surface area contributed by atoms with Gasteiger partial charge in [0.25, 0.3) is 0 Å². The summed E-state index contributed by atoms with van der Waals surface area (Å²) in [4.78, 5) is 12.6. The molecule has 0 aromatic heterocycles. The SMILES string of the molecule is C=CC1(C)C=C2C(=CC1)C13CC1CCC1(C)C(=O)OC(O)(C2O)C13. The van der Waals surface area contributed by atoms with Gasteiger partial charge in [-0.25, -0.2) is 0 Å². The zero-order valence-corrected chi connectivity index (χ0v) is 14.2. The highest BCUT2D eigenvalue weighted by molar-refractivity contribution is 5.82. The second kappa shape index (κ2) is 3.88. The first kappa shape index (κ1) is 14.9. The molecule has 4 fully saturated rings. The molecule has 7 unspecified atom stereocenters. The van der Waals surface area contributed by atoms with Crippen LogP contribution in [0.2, 0.25) is 0 Å². The van der Waals surface area contributed by atoms with Gasteiger partial charge in [0.2, 0.25) is 5.79 Å². The number of hydrogen-bond acceptors (Lipinski definition) is 4. The summed E-state index contributed by atoms with van der Waals surface area (Å²) >= 11 is 0. The van der Waals surface area contributed by atoms with Crippen molar-refractivity contribution in [3.05, 3.63) is 36.0 Å². The fourth-order valence-corrected chi connectivity index (χ4v) is 6.30. The Morgan fingerprint density at radius 3 is 2.88 bits per heavy atom. The maximum atomic E-state index is 12.6. The minimum absolute atomic E-state index is 0.207. The molecule has 0 aromatic rings. The van der Waals surface area contributed by atoms with Crippen molar-refractivity contribution in [3.8, 4) is 0 Å². The molecule has 5 rings (SSSR count). The Morgan fingerprint density at radius 1 is 1.42 bits per heavy atom. The standard InChI is InChI=1S/C20H24O4/c1-4-17(2)7-6-13-12(10-17)14(21)20(23)15-18(3,16(22)24-20)8-5-11-9-19(11,13)15/h4,6,10-11,14-15,21,23H,1,5,7-9H2,2-3H3. The molecule has 0 radical (unpaired) electrons. The number of fused-ring (bicyclic) bond motifs is 1. The zero-order chi connectivity index (χ0) is 17.1. The van der Waals surface area contributed by atoms with Crippen LogP contribution in [0.5, 0.6) is 0 Å². The number of allylic oxidation sites excluding steroid dienone is 3. The van der Waals surface area contributed by atoms with Crippen molar-refractivity contribution in [2.45, 2.75) is 51.4 Å². The highest BCUT2D eigenvalue weighted by atomic mass is 16.7. The number of carbonyl (C=O) groups excluding carboxylic acids is 1. The van der Waals surface area contributed by atoms with E-state index in [0.717, 1.165) is 36.8 Å². The Kier molecular flexibility index (Phi) is 2.41. The summed E-state index contributed by atoms with van der Waals surface area (Å²) in [5, 5.41) is 22.3.